The number of aliphatic hydroxyl groups excluding tert-OH is 7. The second-order valence-electron chi connectivity index (χ2n) is 5.82. The fraction of sp³-hybridized carbons (Fsp3) is 1.00. The van der Waals surface area contributed by atoms with E-state index in [9.17, 15) is 35.7 Å². The van der Waals surface area contributed by atoms with Gasteiger partial charge in [0.05, 0.1) is 13.2 Å². The highest BCUT2D eigenvalue weighted by Gasteiger charge is 2.54. The molecule has 2 fully saturated rings. The Kier molecular flexibility index (Phi) is 7.61. The predicted octanol–water partition coefficient (Wildman–Crippen LogP) is -6.94. The Morgan fingerprint density at radius 1 is 0.880 bits per heavy atom. The molecule has 0 amide bonds. The fourth-order valence-corrected chi connectivity index (χ4v) is 2.67. The van der Waals surface area contributed by atoms with Gasteiger partial charge in [-0.05, 0) is 0 Å². The Morgan fingerprint density at radius 2 is 1.44 bits per heavy atom. The lowest BCUT2D eigenvalue weighted by Gasteiger charge is -2.47. The quantitative estimate of drug-likeness (QED) is 0.208. The third kappa shape index (κ3) is 4.25. The number of aliphatic hydroxyl groups is 8. The Labute approximate surface area is 141 Å². The minimum Gasteiger partial charge on any atom is -0.412 e. The molecule has 13 heteroatoms. The topological polar surface area (TPSA) is 247 Å². The van der Waals surface area contributed by atoms with Crippen molar-refractivity contribution in [2.24, 2.45) is 5.73 Å². The molecule has 25 heavy (non-hydrogen) atoms. The van der Waals surface area contributed by atoms with Crippen LogP contribution in [-0.4, -0.2) is 121 Å². The molecule has 0 bridgehead atoms. The zero-order valence-corrected chi connectivity index (χ0v) is 13.0. The molecule has 0 spiro atoms. The van der Waals surface area contributed by atoms with Crippen molar-refractivity contribution in [1.82, 2.24) is 0 Å². The van der Waals surface area contributed by atoms with Crippen molar-refractivity contribution in [2.75, 3.05) is 13.2 Å². The monoisotopic (exact) mass is 375 g/mol. The number of hydrogen-bond donors (Lipinski definition) is 9. The molecule has 2 aliphatic heterocycles. The van der Waals surface area contributed by atoms with Gasteiger partial charge in [-0.2, -0.15) is 0 Å². The summed E-state index contributed by atoms with van der Waals surface area (Å²) in [6, 6.07) is 0. The average Bonchev–Trinajstić information content (AvgIpc) is 2.55. The lowest BCUT2D eigenvalue weighted by molar-refractivity contribution is -0.382. The SMILES string of the molecule is NC1(O)O[C@H](CO)[C@@H](O[C@@H]2O[C@H](CO)[C@H](O)[C@H](O)[C@H]2O)[C@H](O)[C@H]1O.O. The van der Waals surface area contributed by atoms with E-state index in [0.717, 1.165) is 0 Å². The Morgan fingerprint density at radius 3 is 1.96 bits per heavy atom. The van der Waals surface area contributed by atoms with Crippen molar-refractivity contribution >= 4 is 0 Å². The van der Waals surface area contributed by atoms with E-state index in [1.165, 1.54) is 0 Å². The summed E-state index contributed by atoms with van der Waals surface area (Å²) in [4.78, 5) is 0. The molecule has 0 aromatic heterocycles. The molecule has 10 atom stereocenters. The van der Waals surface area contributed by atoms with Gasteiger partial charge in [-0.25, -0.2) is 0 Å². The van der Waals surface area contributed by atoms with E-state index in [-0.39, 0.29) is 5.48 Å². The van der Waals surface area contributed by atoms with Crippen LogP contribution >= 0.6 is 0 Å². The molecular weight excluding hydrogens is 350 g/mol. The van der Waals surface area contributed by atoms with E-state index in [4.69, 9.17) is 25.1 Å². The van der Waals surface area contributed by atoms with Crippen LogP contribution in [0.4, 0.5) is 0 Å². The first-order chi connectivity index (χ1) is 11.1. The maximum absolute atomic E-state index is 10.0. The lowest BCUT2D eigenvalue weighted by Crippen LogP contribution is -2.70. The standard InChI is InChI=1S/C12H23NO11.H2O/c13-12(21)10(20)8(19)9(4(2-15)24-12)23-11-7(18)6(17)5(16)3(1-14)22-11;/h3-11,14-21H,1-2,13H2;1H2/t3-,4-,5+,6+,7-,8+,9-,10-,11+,12?;/m1./s1. The van der Waals surface area contributed by atoms with E-state index in [0.29, 0.717) is 0 Å². The first kappa shape index (κ1) is 22.5. The van der Waals surface area contributed by atoms with Crippen LogP contribution in [0.1, 0.15) is 0 Å². The van der Waals surface area contributed by atoms with Crippen LogP contribution in [0.5, 0.6) is 0 Å². The van der Waals surface area contributed by atoms with Crippen LogP contribution in [0.2, 0.25) is 0 Å². The Bertz CT molecular complexity index is 421. The summed E-state index contributed by atoms with van der Waals surface area (Å²) in [6.45, 7) is -1.46. The van der Waals surface area contributed by atoms with Crippen molar-refractivity contribution in [3.63, 3.8) is 0 Å². The van der Waals surface area contributed by atoms with Gasteiger partial charge in [0.25, 0.3) is 5.91 Å². The second-order valence-corrected chi connectivity index (χ2v) is 5.82. The molecular formula is C12H25NO12. The molecule has 2 aliphatic rings. The largest absolute Gasteiger partial charge is 0.412 e. The van der Waals surface area contributed by atoms with E-state index in [2.05, 4.69) is 0 Å². The minimum absolute atomic E-state index is 0. The van der Waals surface area contributed by atoms with Gasteiger partial charge in [0.1, 0.15) is 42.7 Å². The summed E-state index contributed by atoms with van der Waals surface area (Å²) in [5.74, 6) is -2.64. The molecule has 150 valence electrons. The number of ether oxygens (including phenoxy) is 3. The summed E-state index contributed by atoms with van der Waals surface area (Å²) in [6.07, 6.45) is -14.7. The third-order valence-electron chi connectivity index (χ3n) is 4.11. The van der Waals surface area contributed by atoms with Crippen molar-refractivity contribution < 1.29 is 60.5 Å². The molecule has 0 aromatic rings. The summed E-state index contributed by atoms with van der Waals surface area (Å²) in [7, 11) is 0. The molecule has 0 aliphatic carbocycles. The maximum Gasteiger partial charge on any atom is 0.252 e. The van der Waals surface area contributed by atoms with Gasteiger partial charge in [0.2, 0.25) is 0 Å². The summed E-state index contributed by atoms with van der Waals surface area (Å²) in [5.41, 5.74) is 5.25. The van der Waals surface area contributed by atoms with Crippen LogP contribution in [0.3, 0.4) is 0 Å². The highest BCUT2D eigenvalue weighted by atomic mass is 16.7. The summed E-state index contributed by atoms with van der Waals surface area (Å²) in [5, 5.41) is 77.1. The average molecular weight is 375 g/mol. The highest BCUT2D eigenvalue weighted by molar-refractivity contribution is 4.96. The molecule has 13 nitrogen and oxygen atoms in total. The van der Waals surface area contributed by atoms with Crippen LogP contribution in [-0.2, 0) is 14.2 Å². The van der Waals surface area contributed by atoms with Crippen molar-refractivity contribution in [2.45, 2.75) is 61.0 Å². The molecule has 2 rings (SSSR count). The molecule has 0 radical (unpaired) electrons. The smallest absolute Gasteiger partial charge is 0.252 e. The fourth-order valence-electron chi connectivity index (χ4n) is 2.67. The van der Waals surface area contributed by atoms with Crippen LogP contribution < -0.4 is 5.73 Å². The van der Waals surface area contributed by atoms with Crippen LogP contribution in [0.15, 0.2) is 0 Å². The van der Waals surface area contributed by atoms with E-state index in [1.54, 1.807) is 0 Å². The maximum atomic E-state index is 10.0. The normalized spacial score (nSPS) is 51.0. The molecule has 0 aromatic carbocycles. The highest BCUT2D eigenvalue weighted by Crippen LogP contribution is 2.30. The van der Waals surface area contributed by atoms with Gasteiger partial charge < -0.3 is 60.5 Å². The van der Waals surface area contributed by atoms with Gasteiger partial charge >= 0.3 is 0 Å². The number of nitrogens with two attached hydrogens (primary N) is 1. The van der Waals surface area contributed by atoms with Crippen LogP contribution in [0.25, 0.3) is 0 Å². The van der Waals surface area contributed by atoms with Crippen LogP contribution in [0, 0.1) is 0 Å². The van der Waals surface area contributed by atoms with E-state index in [1.807, 2.05) is 0 Å². The lowest BCUT2D eigenvalue weighted by atomic mass is 9.95. The van der Waals surface area contributed by atoms with Gasteiger partial charge in [-0.1, -0.05) is 0 Å². The molecule has 1 unspecified atom stereocenters. The molecule has 2 heterocycles. The Hall–Kier alpha value is -0.520. The van der Waals surface area contributed by atoms with Gasteiger partial charge in [0, 0.05) is 0 Å². The van der Waals surface area contributed by atoms with Crippen molar-refractivity contribution in [3.8, 4) is 0 Å². The van der Waals surface area contributed by atoms with E-state index < -0.39 is 74.2 Å². The van der Waals surface area contributed by atoms with Gasteiger partial charge in [-0.3, -0.25) is 5.73 Å². The second kappa shape index (κ2) is 8.45. The minimum atomic E-state index is -2.64. The Balaban J connectivity index is 0.00000312. The van der Waals surface area contributed by atoms with Gasteiger partial charge in [0.15, 0.2) is 12.4 Å². The van der Waals surface area contributed by atoms with E-state index >= 15 is 0 Å². The van der Waals surface area contributed by atoms with Gasteiger partial charge in [-0.15, -0.1) is 0 Å². The van der Waals surface area contributed by atoms with Crippen molar-refractivity contribution in [1.29, 1.82) is 0 Å². The first-order valence-electron chi connectivity index (χ1n) is 7.26. The predicted molar refractivity (Wildman–Crippen MR) is 75.4 cm³/mol. The third-order valence-corrected chi connectivity index (χ3v) is 4.11. The number of rotatable bonds is 4. The summed E-state index contributed by atoms with van der Waals surface area (Å²) < 4.78 is 15.2. The number of hydrogen-bond acceptors (Lipinski definition) is 12. The molecule has 2 saturated heterocycles. The molecule has 0 saturated carbocycles. The summed E-state index contributed by atoms with van der Waals surface area (Å²) >= 11 is 0. The first-order valence-corrected chi connectivity index (χ1v) is 7.26. The zero-order valence-electron chi connectivity index (χ0n) is 13.0. The van der Waals surface area contributed by atoms with Crippen molar-refractivity contribution in [3.05, 3.63) is 0 Å². The zero-order chi connectivity index (χ0) is 18.2. The molecule has 12 N–H and O–H groups in total.